The Bertz CT molecular complexity index is 3160. The molecule has 0 aliphatic carbocycles. The Kier molecular flexibility index (Phi) is 7.42. The van der Waals surface area contributed by atoms with Crippen LogP contribution in [0.4, 0.5) is 0 Å². The standard InChI is InChI=1S/C51H33N5/c1-2-12-39(13-3-1)55-47-19-5-4-14-43(47)50-41(15-10-20-49(50)55)35-23-26-48-44(33-35)42-16-11-29-54-51(42)56(48)40-24-21-34(22-25-40)36-30-37(45-17-6-8-27-52-45)32-38(31-36)46-18-7-9-28-53-46/h1-33H. The molecular formula is C51H33N5. The summed E-state index contributed by atoms with van der Waals surface area (Å²) in [6.07, 6.45) is 5.56. The maximum atomic E-state index is 4.94. The first-order valence-electron chi connectivity index (χ1n) is 18.8. The van der Waals surface area contributed by atoms with E-state index < -0.39 is 0 Å². The lowest BCUT2D eigenvalue weighted by Gasteiger charge is -2.12. The summed E-state index contributed by atoms with van der Waals surface area (Å²) in [4.78, 5) is 14.3. The third-order valence-corrected chi connectivity index (χ3v) is 10.9. The highest BCUT2D eigenvalue weighted by molar-refractivity contribution is 6.17. The summed E-state index contributed by atoms with van der Waals surface area (Å²) in [6.45, 7) is 0. The van der Waals surface area contributed by atoms with Crippen molar-refractivity contribution in [2.45, 2.75) is 0 Å². The fourth-order valence-electron chi connectivity index (χ4n) is 8.35. The number of para-hydroxylation sites is 2. The van der Waals surface area contributed by atoms with Crippen molar-refractivity contribution in [3.05, 3.63) is 201 Å². The van der Waals surface area contributed by atoms with Gasteiger partial charge in [-0.05, 0) is 125 Å². The summed E-state index contributed by atoms with van der Waals surface area (Å²) in [7, 11) is 0. The Hall–Kier alpha value is -7.63. The summed E-state index contributed by atoms with van der Waals surface area (Å²) in [6, 6.07) is 64.5. The highest BCUT2D eigenvalue weighted by Gasteiger charge is 2.19. The number of hydrogen-bond donors (Lipinski definition) is 0. The smallest absolute Gasteiger partial charge is 0.145 e. The van der Waals surface area contributed by atoms with E-state index >= 15 is 0 Å². The minimum Gasteiger partial charge on any atom is -0.309 e. The van der Waals surface area contributed by atoms with Crippen LogP contribution in [0, 0.1) is 0 Å². The average Bonchev–Trinajstić information content (AvgIpc) is 3.80. The molecule has 5 aromatic heterocycles. The van der Waals surface area contributed by atoms with Crippen LogP contribution in [0.15, 0.2) is 201 Å². The van der Waals surface area contributed by atoms with E-state index in [2.05, 4.69) is 171 Å². The van der Waals surface area contributed by atoms with Crippen LogP contribution in [-0.4, -0.2) is 24.1 Å². The van der Waals surface area contributed by atoms with E-state index in [0.717, 1.165) is 61.6 Å². The number of rotatable bonds is 6. The first kappa shape index (κ1) is 31.9. The van der Waals surface area contributed by atoms with Gasteiger partial charge in [-0.15, -0.1) is 0 Å². The predicted octanol–water partition coefficient (Wildman–Crippen LogP) is 12.7. The molecule has 0 amide bonds. The molecule has 0 atom stereocenters. The molecule has 0 saturated heterocycles. The van der Waals surface area contributed by atoms with Crippen LogP contribution in [0.1, 0.15) is 0 Å². The van der Waals surface area contributed by atoms with Crippen LogP contribution in [0.2, 0.25) is 0 Å². The van der Waals surface area contributed by atoms with Gasteiger partial charge in [-0.25, -0.2) is 4.98 Å². The Labute approximate surface area is 323 Å². The predicted molar refractivity (Wildman–Crippen MR) is 230 cm³/mol. The lowest BCUT2D eigenvalue weighted by molar-refractivity contribution is 1.14. The zero-order valence-electron chi connectivity index (χ0n) is 30.3. The third kappa shape index (κ3) is 5.21. The van der Waals surface area contributed by atoms with Crippen LogP contribution in [0.3, 0.4) is 0 Å². The van der Waals surface area contributed by atoms with Crippen molar-refractivity contribution in [1.82, 2.24) is 24.1 Å². The molecule has 0 spiro atoms. The van der Waals surface area contributed by atoms with Crippen LogP contribution >= 0.6 is 0 Å². The fourth-order valence-corrected chi connectivity index (χ4v) is 8.35. The van der Waals surface area contributed by atoms with Crippen LogP contribution in [0.5, 0.6) is 0 Å². The summed E-state index contributed by atoms with van der Waals surface area (Å²) < 4.78 is 4.66. The van der Waals surface area contributed by atoms with Crippen molar-refractivity contribution in [3.8, 4) is 56.1 Å². The van der Waals surface area contributed by atoms with Gasteiger partial charge in [-0.3, -0.25) is 14.5 Å². The number of nitrogens with zero attached hydrogens (tertiary/aromatic N) is 5. The second-order valence-corrected chi connectivity index (χ2v) is 14.1. The topological polar surface area (TPSA) is 48.5 Å². The normalized spacial score (nSPS) is 11.6. The van der Waals surface area contributed by atoms with Crippen molar-refractivity contribution in [2.75, 3.05) is 0 Å². The Morgan fingerprint density at radius 3 is 1.68 bits per heavy atom. The summed E-state index contributed by atoms with van der Waals surface area (Å²) >= 11 is 0. The SMILES string of the molecule is c1ccc(-n2c3ccccc3c3c(-c4ccc5c(c4)c4cccnc4n5-c4ccc(-c5cc(-c6ccccn6)cc(-c6ccccn6)c5)cc4)cccc32)cc1. The lowest BCUT2D eigenvalue weighted by atomic mass is 9.96. The summed E-state index contributed by atoms with van der Waals surface area (Å²) in [5.74, 6) is 0. The minimum absolute atomic E-state index is 0.928. The lowest BCUT2D eigenvalue weighted by Crippen LogP contribution is -1.95. The van der Waals surface area contributed by atoms with Crippen molar-refractivity contribution in [2.24, 2.45) is 0 Å². The summed E-state index contributed by atoms with van der Waals surface area (Å²) in [5, 5.41) is 4.78. The highest BCUT2D eigenvalue weighted by atomic mass is 15.0. The minimum atomic E-state index is 0.928. The zero-order valence-corrected chi connectivity index (χ0v) is 30.3. The molecular weight excluding hydrogens is 683 g/mol. The van der Waals surface area contributed by atoms with Crippen LogP contribution in [-0.2, 0) is 0 Å². The van der Waals surface area contributed by atoms with Crippen LogP contribution in [0.25, 0.3) is 99.9 Å². The number of hydrogen-bond acceptors (Lipinski definition) is 3. The van der Waals surface area contributed by atoms with Gasteiger partial charge in [0.1, 0.15) is 5.65 Å². The maximum absolute atomic E-state index is 4.94. The largest absolute Gasteiger partial charge is 0.309 e. The van der Waals surface area contributed by atoms with Crippen molar-refractivity contribution >= 4 is 43.7 Å². The van der Waals surface area contributed by atoms with Gasteiger partial charge < -0.3 is 4.57 Å². The van der Waals surface area contributed by atoms with Crippen molar-refractivity contribution in [1.29, 1.82) is 0 Å². The molecule has 0 aliphatic heterocycles. The van der Waals surface area contributed by atoms with E-state index in [-0.39, 0.29) is 0 Å². The fraction of sp³-hybridized carbons (Fsp3) is 0. The van der Waals surface area contributed by atoms with Gasteiger partial charge in [-0.1, -0.05) is 78.9 Å². The van der Waals surface area contributed by atoms with Crippen molar-refractivity contribution < 1.29 is 0 Å². The van der Waals surface area contributed by atoms with E-state index in [4.69, 9.17) is 4.98 Å². The molecule has 56 heavy (non-hydrogen) atoms. The molecule has 11 rings (SSSR count). The van der Waals surface area contributed by atoms with Crippen molar-refractivity contribution in [3.63, 3.8) is 0 Å². The second-order valence-electron chi connectivity index (χ2n) is 14.1. The average molecular weight is 716 g/mol. The Balaban J connectivity index is 1.04. The first-order chi connectivity index (χ1) is 27.8. The van der Waals surface area contributed by atoms with Gasteiger partial charge in [0.05, 0.1) is 27.9 Å². The molecule has 6 aromatic carbocycles. The van der Waals surface area contributed by atoms with Gasteiger partial charge in [0.2, 0.25) is 0 Å². The monoisotopic (exact) mass is 715 g/mol. The zero-order chi connectivity index (χ0) is 37.0. The molecule has 0 bridgehead atoms. The first-order valence-corrected chi connectivity index (χ1v) is 18.8. The van der Waals surface area contributed by atoms with Gasteiger partial charge in [0.25, 0.3) is 0 Å². The number of aromatic nitrogens is 5. The molecule has 5 nitrogen and oxygen atoms in total. The van der Waals surface area contributed by atoms with Crippen LogP contribution < -0.4 is 0 Å². The van der Waals surface area contributed by atoms with Gasteiger partial charge in [0, 0.05) is 62.6 Å². The molecule has 262 valence electrons. The maximum Gasteiger partial charge on any atom is 0.145 e. The quantitative estimate of drug-likeness (QED) is 0.172. The van der Waals surface area contributed by atoms with Gasteiger partial charge in [0.15, 0.2) is 0 Å². The Morgan fingerprint density at radius 2 is 0.929 bits per heavy atom. The molecule has 11 aromatic rings. The molecule has 5 heterocycles. The van der Waals surface area contributed by atoms with E-state index in [9.17, 15) is 0 Å². The Morgan fingerprint density at radius 1 is 0.321 bits per heavy atom. The molecule has 0 radical (unpaired) electrons. The summed E-state index contributed by atoms with van der Waals surface area (Å²) in [5.41, 5.74) is 15.2. The highest BCUT2D eigenvalue weighted by Crippen LogP contribution is 2.41. The molecule has 0 fully saturated rings. The van der Waals surface area contributed by atoms with E-state index in [0.29, 0.717) is 0 Å². The molecule has 0 saturated carbocycles. The molecule has 0 aliphatic rings. The number of benzene rings is 6. The molecule has 0 unspecified atom stereocenters. The van der Waals surface area contributed by atoms with E-state index in [1.807, 2.05) is 48.9 Å². The molecule has 0 N–H and O–H groups in total. The molecule has 5 heteroatoms. The third-order valence-electron chi connectivity index (χ3n) is 10.9. The number of pyridine rings is 3. The van der Waals surface area contributed by atoms with E-state index in [1.165, 1.54) is 38.3 Å². The van der Waals surface area contributed by atoms with Gasteiger partial charge >= 0.3 is 0 Å². The second kappa shape index (κ2) is 13.0. The number of fused-ring (bicyclic) bond motifs is 6. The van der Waals surface area contributed by atoms with Gasteiger partial charge in [-0.2, -0.15) is 0 Å². The van der Waals surface area contributed by atoms with E-state index in [1.54, 1.807) is 0 Å².